The number of hydrogen-bond donors (Lipinski definition) is 2. The van der Waals surface area contributed by atoms with Crippen molar-refractivity contribution in [3.63, 3.8) is 0 Å². The van der Waals surface area contributed by atoms with Gasteiger partial charge in [0, 0.05) is 6.54 Å². The molecule has 0 saturated carbocycles. The highest BCUT2D eigenvalue weighted by Gasteiger charge is 2.14. The number of aromatic carboxylic acids is 1. The molecule has 1 amide bonds. The molecular weight excluding hydrogens is 194 g/mol. The molecular formula is C11H11NO3. The van der Waals surface area contributed by atoms with Crippen LogP contribution < -0.4 is 5.32 Å². The van der Waals surface area contributed by atoms with Crippen molar-refractivity contribution in [3.05, 3.63) is 34.9 Å². The Morgan fingerprint density at radius 2 is 2.13 bits per heavy atom. The molecule has 1 aromatic rings. The fourth-order valence-corrected chi connectivity index (χ4v) is 1.74. The first kappa shape index (κ1) is 9.71. The van der Waals surface area contributed by atoms with Crippen molar-refractivity contribution >= 4 is 11.9 Å². The normalized spacial score (nSPS) is 15.1. The Hall–Kier alpha value is -1.84. The molecule has 1 heterocycles. The number of carbonyl (C=O) groups is 2. The van der Waals surface area contributed by atoms with Gasteiger partial charge in [-0.2, -0.15) is 0 Å². The van der Waals surface area contributed by atoms with Gasteiger partial charge in [0.1, 0.15) is 0 Å². The maximum absolute atomic E-state index is 11.2. The van der Waals surface area contributed by atoms with Gasteiger partial charge in [-0.3, -0.25) is 4.79 Å². The van der Waals surface area contributed by atoms with E-state index in [0.29, 0.717) is 19.4 Å². The average Bonchev–Trinajstić information content (AvgIpc) is 2.37. The predicted molar refractivity (Wildman–Crippen MR) is 53.8 cm³/mol. The van der Waals surface area contributed by atoms with Crippen LogP contribution in [0.15, 0.2) is 18.2 Å². The summed E-state index contributed by atoms with van der Waals surface area (Å²) in [5, 5.41) is 11.6. The van der Waals surface area contributed by atoms with Crippen molar-refractivity contribution < 1.29 is 14.7 Å². The number of fused-ring (bicyclic) bond motifs is 1. The topological polar surface area (TPSA) is 66.4 Å². The number of benzene rings is 1. The Balaban J connectivity index is 2.40. The van der Waals surface area contributed by atoms with Crippen LogP contribution in [0.5, 0.6) is 0 Å². The third-order valence-electron chi connectivity index (χ3n) is 2.52. The number of rotatable bonds is 1. The van der Waals surface area contributed by atoms with Crippen molar-refractivity contribution in [3.8, 4) is 0 Å². The lowest BCUT2D eigenvalue weighted by molar-refractivity contribution is -0.120. The Morgan fingerprint density at radius 3 is 2.87 bits per heavy atom. The molecule has 0 unspecified atom stereocenters. The molecule has 0 bridgehead atoms. The average molecular weight is 205 g/mol. The van der Waals surface area contributed by atoms with Crippen LogP contribution in [-0.2, 0) is 17.6 Å². The third-order valence-corrected chi connectivity index (χ3v) is 2.52. The molecule has 1 aliphatic heterocycles. The van der Waals surface area contributed by atoms with Crippen LogP contribution in [0.25, 0.3) is 0 Å². The second-order valence-electron chi connectivity index (χ2n) is 3.57. The van der Waals surface area contributed by atoms with Crippen molar-refractivity contribution in [2.75, 3.05) is 6.54 Å². The van der Waals surface area contributed by atoms with Gasteiger partial charge >= 0.3 is 5.97 Å². The lowest BCUT2D eigenvalue weighted by Gasteiger charge is -2.04. The number of carboxylic acids is 1. The molecule has 0 atom stereocenters. The molecule has 0 aliphatic carbocycles. The summed E-state index contributed by atoms with van der Waals surface area (Å²) < 4.78 is 0. The van der Waals surface area contributed by atoms with Gasteiger partial charge in [0.25, 0.3) is 0 Å². The van der Waals surface area contributed by atoms with Crippen molar-refractivity contribution in [1.29, 1.82) is 0 Å². The highest BCUT2D eigenvalue weighted by molar-refractivity contribution is 5.88. The van der Waals surface area contributed by atoms with Gasteiger partial charge in [-0.1, -0.05) is 6.07 Å². The summed E-state index contributed by atoms with van der Waals surface area (Å²) in [6.07, 6.45) is 1.04. The van der Waals surface area contributed by atoms with Gasteiger partial charge in [0.05, 0.1) is 12.0 Å². The Kier molecular flexibility index (Phi) is 2.41. The lowest BCUT2D eigenvalue weighted by Crippen LogP contribution is -2.24. The van der Waals surface area contributed by atoms with Crippen LogP contribution in [0.2, 0.25) is 0 Å². The van der Waals surface area contributed by atoms with Crippen molar-refractivity contribution in [2.45, 2.75) is 12.8 Å². The monoisotopic (exact) mass is 205 g/mol. The van der Waals surface area contributed by atoms with E-state index in [1.165, 1.54) is 0 Å². The van der Waals surface area contributed by atoms with Crippen molar-refractivity contribution in [1.82, 2.24) is 5.32 Å². The zero-order chi connectivity index (χ0) is 10.8. The van der Waals surface area contributed by atoms with E-state index in [0.717, 1.165) is 11.1 Å². The van der Waals surface area contributed by atoms with Crippen LogP contribution in [0, 0.1) is 0 Å². The first-order chi connectivity index (χ1) is 7.16. The molecule has 0 saturated heterocycles. The minimum Gasteiger partial charge on any atom is -0.478 e. The Bertz CT molecular complexity index is 426. The predicted octanol–water partition coefficient (Wildman–Crippen LogP) is 0.600. The number of nitrogens with one attached hydrogen (secondary N) is 1. The molecule has 0 aromatic heterocycles. The number of carboxylic acid groups (broad SMARTS) is 1. The largest absolute Gasteiger partial charge is 0.478 e. The molecule has 2 N–H and O–H groups in total. The maximum Gasteiger partial charge on any atom is 0.335 e. The smallest absolute Gasteiger partial charge is 0.335 e. The second-order valence-corrected chi connectivity index (χ2v) is 3.57. The maximum atomic E-state index is 11.2. The summed E-state index contributed by atoms with van der Waals surface area (Å²) in [6, 6.07) is 4.92. The first-order valence-electron chi connectivity index (χ1n) is 4.78. The molecule has 0 spiro atoms. The lowest BCUT2D eigenvalue weighted by atomic mass is 10.00. The standard InChI is InChI=1S/C11H11NO3/c13-10-6-7-1-2-9(11(14)15)5-8(7)3-4-12-10/h1-2,5H,3-4,6H2,(H,12,13)(H,14,15). The first-order valence-corrected chi connectivity index (χ1v) is 4.78. The third kappa shape index (κ3) is 1.98. The summed E-state index contributed by atoms with van der Waals surface area (Å²) in [5.74, 6) is -0.932. The minimum atomic E-state index is -0.929. The van der Waals surface area contributed by atoms with E-state index in [1.807, 2.05) is 0 Å². The molecule has 0 radical (unpaired) electrons. The van der Waals surface area contributed by atoms with E-state index in [2.05, 4.69) is 5.32 Å². The van der Waals surface area contributed by atoms with E-state index < -0.39 is 5.97 Å². The van der Waals surface area contributed by atoms with Crippen LogP contribution in [0.3, 0.4) is 0 Å². The number of carbonyl (C=O) groups excluding carboxylic acids is 1. The quantitative estimate of drug-likeness (QED) is 0.705. The number of hydrogen-bond acceptors (Lipinski definition) is 2. The van der Waals surface area contributed by atoms with Crippen LogP contribution in [0.4, 0.5) is 0 Å². The van der Waals surface area contributed by atoms with Gasteiger partial charge in [-0.15, -0.1) is 0 Å². The molecule has 0 fully saturated rings. The summed E-state index contributed by atoms with van der Waals surface area (Å²) in [6.45, 7) is 0.578. The minimum absolute atomic E-state index is 0.00294. The van der Waals surface area contributed by atoms with E-state index in [-0.39, 0.29) is 11.5 Å². The van der Waals surface area contributed by atoms with E-state index in [1.54, 1.807) is 18.2 Å². The Labute approximate surface area is 86.9 Å². The number of amides is 1. The second kappa shape index (κ2) is 3.73. The summed E-state index contributed by atoms with van der Waals surface area (Å²) in [4.78, 5) is 22.0. The zero-order valence-corrected chi connectivity index (χ0v) is 8.12. The van der Waals surface area contributed by atoms with Crippen LogP contribution in [0.1, 0.15) is 21.5 Å². The van der Waals surface area contributed by atoms with Crippen LogP contribution in [-0.4, -0.2) is 23.5 Å². The highest BCUT2D eigenvalue weighted by atomic mass is 16.4. The van der Waals surface area contributed by atoms with Gasteiger partial charge in [0.15, 0.2) is 0 Å². The van der Waals surface area contributed by atoms with E-state index >= 15 is 0 Å². The fraction of sp³-hybridized carbons (Fsp3) is 0.273. The zero-order valence-electron chi connectivity index (χ0n) is 8.12. The van der Waals surface area contributed by atoms with Gasteiger partial charge in [-0.25, -0.2) is 4.79 Å². The van der Waals surface area contributed by atoms with Crippen molar-refractivity contribution in [2.24, 2.45) is 0 Å². The van der Waals surface area contributed by atoms with E-state index in [4.69, 9.17) is 5.11 Å². The summed E-state index contributed by atoms with van der Waals surface area (Å²) in [5.41, 5.74) is 2.16. The van der Waals surface area contributed by atoms with E-state index in [9.17, 15) is 9.59 Å². The molecule has 4 heteroatoms. The van der Waals surface area contributed by atoms with Gasteiger partial charge < -0.3 is 10.4 Å². The molecule has 1 aromatic carbocycles. The molecule has 1 aliphatic rings. The van der Waals surface area contributed by atoms with Gasteiger partial charge in [0.2, 0.25) is 5.91 Å². The molecule has 78 valence electrons. The SMILES string of the molecule is O=C1Cc2ccc(C(=O)O)cc2CCN1. The summed E-state index contributed by atoms with van der Waals surface area (Å²) in [7, 11) is 0. The summed E-state index contributed by atoms with van der Waals surface area (Å²) >= 11 is 0. The van der Waals surface area contributed by atoms with Gasteiger partial charge in [-0.05, 0) is 29.7 Å². The Morgan fingerprint density at radius 1 is 1.33 bits per heavy atom. The highest BCUT2D eigenvalue weighted by Crippen LogP contribution is 2.15. The molecule has 4 nitrogen and oxygen atoms in total. The fourth-order valence-electron chi connectivity index (χ4n) is 1.74. The van der Waals surface area contributed by atoms with Crippen LogP contribution >= 0.6 is 0 Å². The molecule has 15 heavy (non-hydrogen) atoms. The molecule has 2 rings (SSSR count).